The van der Waals surface area contributed by atoms with Crippen LogP contribution in [0.1, 0.15) is 58.8 Å². The maximum absolute atomic E-state index is 12.5. The number of ketones is 1. The highest BCUT2D eigenvalue weighted by atomic mass is 16.3. The highest BCUT2D eigenvalue weighted by molar-refractivity contribution is 5.87. The molecule has 4 rings (SSSR count). The molecule has 0 spiro atoms. The molecule has 0 saturated heterocycles. The van der Waals surface area contributed by atoms with E-state index in [0.29, 0.717) is 24.5 Å². The van der Waals surface area contributed by atoms with Crippen molar-refractivity contribution in [3.05, 3.63) is 0 Å². The first-order valence-corrected chi connectivity index (χ1v) is 9.83. The molecule has 0 heterocycles. The van der Waals surface area contributed by atoms with Crippen molar-refractivity contribution >= 4 is 5.78 Å². The number of aliphatic hydroxyl groups is 3. The van der Waals surface area contributed by atoms with Gasteiger partial charge in [0, 0.05) is 24.4 Å². The number of hydrogen-bond acceptors (Lipinski definition) is 4. The quantitative estimate of drug-likeness (QED) is 0.686. The molecule has 0 aliphatic heterocycles. The molecule has 4 aliphatic carbocycles. The van der Waals surface area contributed by atoms with Crippen molar-refractivity contribution in [3.8, 4) is 0 Å². The molecule has 4 aliphatic rings. The lowest BCUT2D eigenvalue weighted by Crippen LogP contribution is -2.62. The fourth-order valence-electron chi connectivity index (χ4n) is 7.44. The third-order valence-electron chi connectivity index (χ3n) is 8.84. The minimum absolute atomic E-state index is 0.0191. The van der Waals surface area contributed by atoms with Crippen LogP contribution in [0.15, 0.2) is 0 Å². The number of fused-ring (bicyclic) bond motifs is 5. The van der Waals surface area contributed by atoms with Gasteiger partial charge in [0.05, 0.1) is 12.2 Å². The first-order valence-electron chi connectivity index (χ1n) is 9.83. The molecule has 3 N–H and O–H groups in total. The largest absolute Gasteiger partial charge is 0.396 e. The number of carbonyl (C=O) groups is 1. The van der Waals surface area contributed by atoms with Crippen LogP contribution in [0.3, 0.4) is 0 Å². The van der Waals surface area contributed by atoms with Crippen molar-refractivity contribution in [3.63, 3.8) is 0 Å². The fourth-order valence-corrected chi connectivity index (χ4v) is 7.44. The third-order valence-corrected chi connectivity index (χ3v) is 8.84. The maximum atomic E-state index is 12.5. The van der Waals surface area contributed by atoms with Crippen molar-refractivity contribution in [2.45, 2.75) is 71.0 Å². The van der Waals surface area contributed by atoms with Crippen LogP contribution >= 0.6 is 0 Å². The second-order valence-electron chi connectivity index (χ2n) is 9.59. The molecule has 4 saturated carbocycles. The van der Waals surface area contributed by atoms with Crippen LogP contribution in [0.2, 0.25) is 0 Å². The van der Waals surface area contributed by atoms with Gasteiger partial charge in [0.25, 0.3) is 0 Å². The molecule has 0 aromatic heterocycles. The predicted molar refractivity (Wildman–Crippen MR) is 90.1 cm³/mol. The van der Waals surface area contributed by atoms with Gasteiger partial charge in [-0.1, -0.05) is 13.8 Å². The average molecular weight is 336 g/mol. The minimum atomic E-state index is -0.543. The number of hydrogen-bond donors (Lipinski definition) is 3. The fraction of sp³-hybridized carbons (Fsp3) is 0.950. The molecule has 0 bridgehead atoms. The van der Waals surface area contributed by atoms with Gasteiger partial charge in [0.2, 0.25) is 0 Å². The lowest BCUT2D eigenvalue weighted by Gasteiger charge is -2.63. The third kappa shape index (κ3) is 2.05. The summed E-state index contributed by atoms with van der Waals surface area (Å²) in [6, 6.07) is 0. The zero-order chi connectivity index (χ0) is 17.3. The number of aliphatic hydroxyl groups excluding tert-OH is 3. The minimum Gasteiger partial charge on any atom is -0.396 e. The van der Waals surface area contributed by atoms with Crippen LogP contribution in [0.25, 0.3) is 0 Å². The Labute approximate surface area is 144 Å². The average Bonchev–Trinajstić information content (AvgIpc) is 2.85. The van der Waals surface area contributed by atoms with E-state index in [9.17, 15) is 20.1 Å². The van der Waals surface area contributed by atoms with E-state index >= 15 is 0 Å². The standard InChI is InChI=1S/C20H32O4/c1-19-7-5-11(22)9-15(19)12(10-21)18(24)17-13-3-4-16(23)20(13,2)8-6-14(17)19/h11-15,17-18,21-22,24H,3-10H2,1-2H3/t11?,12-,13?,14?,15?,17?,18-,19-,20+/m1/s1. The number of carbonyl (C=O) groups excluding carboxylic acids is 1. The molecular formula is C20H32O4. The Morgan fingerprint density at radius 1 is 1.04 bits per heavy atom. The van der Waals surface area contributed by atoms with Crippen LogP contribution in [0.5, 0.6) is 0 Å². The van der Waals surface area contributed by atoms with E-state index in [-0.39, 0.29) is 47.2 Å². The lowest BCUT2D eigenvalue weighted by atomic mass is 9.42. The topological polar surface area (TPSA) is 77.8 Å². The molecule has 9 atom stereocenters. The van der Waals surface area contributed by atoms with E-state index in [4.69, 9.17) is 0 Å². The number of rotatable bonds is 1. The van der Waals surface area contributed by atoms with E-state index in [0.717, 1.165) is 32.1 Å². The van der Waals surface area contributed by atoms with Gasteiger partial charge in [-0.25, -0.2) is 0 Å². The Morgan fingerprint density at radius 2 is 1.79 bits per heavy atom. The summed E-state index contributed by atoms with van der Waals surface area (Å²) in [5.74, 6) is 1.20. The van der Waals surface area contributed by atoms with Crippen LogP contribution in [-0.2, 0) is 4.79 Å². The summed E-state index contributed by atoms with van der Waals surface area (Å²) in [5, 5.41) is 31.4. The zero-order valence-corrected chi connectivity index (χ0v) is 14.9. The highest BCUT2D eigenvalue weighted by Crippen LogP contribution is 2.66. The SMILES string of the molecule is C[C@]12CCC(O)CC1[C@@H](CO)[C@@H](O)C1C2CC[C@]2(C)C(=O)CCC12. The molecule has 24 heavy (non-hydrogen) atoms. The highest BCUT2D eigenvalue weighted by Gasteiger charge is 2.64. The van der Waals surface area contributed by atoms with E-state index in [1.807, 2.05) is 0 Å². The van der Waals surface area contributed by atoms with Gasteiger partial charge in [0.15, 0.2) is 0 Å². The second kappa shape index (κ2) is 5.52. The van der Waals surface area contributed by atoms with E-state index in [1.54, 1.807) is 0 Å². The van der Waals surface area contributed by atoms with Crippen molar-refractivity contribution < 1.29 is 20.1 Å². The zero-order valence-electron chi connectivity index (χ0n) is 14.9. The first-order chi connectivity index (χ1) is 11.3. The van der Waals surface area contributed by atoms with Crippen molar-refractivity contribution in [1.29, 1.82) is 0 Å². The molecule has 4 fully saturated rings. The molecular weight excluding hydrogens is 304 g/mol. The van der Waals surface area contributed by atoms with Crippen LogP contribution < -0.4 is 0 Å². The monoisotopic (exact) mass is 336 g/mol. The van der Waals surface area contributed by atoms with Gasteiger partial charge in [-0.3, -0.25) is 4.79 Å². The smallest absolute Gasteiger partial charge is 0.139 e. The van der Waals surface area contributed by atoms with Gasteiger partial charge in [-0.05, 0) is 67.6 Å². The number of Topliss-reactive ketones (excluding diaryl/α,β-unsaturated/α-hetero) is 1. The summed E-state index contributed by atoms with van der Waals surface area (Å²) in [4.78, 5) is 12.5. The summed E-state index contributed by atoms with van der Waals surface area (Å²) in [6.07, 6.45) is 5.14. The Kier molecular flexibility index (Phi) is 3.91. The Morgan fingerprint density at radius 3 is 2.50 bits per heavy atom. The van der Waals surface area contributed by atoms with Gasteiger partial charge in [-0.2, -0.15) is 0 Å². The lowest BCUT2D eigenvalue weighted by molar-refractivity contribution is -0.204. The molecule has 4 nitrogen and oxygen atoms in total. The maximum Gasteiger partial charge on any atom is 0.139 e. The molecule has 0 amide bonds. The summed E-state index contributed by atoms with van der Waals surface area (Å²) >= 11 is 0. The summed E-state index contributed by atoms with van der Waals surface area (Å²) in [5.41, 5.74) is -0.191. The van der Waals surface area contributed by atoms with E-state index in [2.05, 4.69) is 13.8 Å². The summed E-state index contributed by atoms with van der Waals surface area (Å²) in [6.45, 7) is 4.42. The van der Waals surface area contributed by atoms with Crippen molar-refractivity contribution in [2.75, 3.05) is 6.61 Å². The van der Waals surface area contributed by atoms with E-state index in [1.165, 1.54) is 0 Å². The van der Waals surface area contributed by atoms with Gasteiger partial charge in [0.1, 0.15) is 5.78 Å². The Bertz CT molecular complexity index is 534. The van der Waals surface area contributed by atoms with Crippen molar-refractivity contribution in [1.82, 2.24) is 0 Å². The van der Waals surface area contributed by atoms with Gasteiger partial charge < -0.3 is 15.3 Å². The Balaban J connectivity index is 1.74. The van der Waals surface area contributed by atoms with E-state index < -0.39 is 6.10 Å². The van der Waals surface area contributed by atoms with Crippen LogP contribution in [0, 0.1) is 40.4 Å². The molecule has 5 unspecified atom stereocenters. The predicted octanol–water partition coefficient (Wildman–Crippen LogP) is 2.15. The molecule has 136 valence electrons. The Hall–Kier alpha value is -0.450. The summed E-state index contributed by atoms with van der Waals surface area (Å²) < 4.78 is 0. The second-order valence-corrected chi connectivity index (χ2v) is 9.59. The van der Waals surface area contributed by atoms with Crippen LogP contribution in [0.4, 0.5) is 0 Å². The van der Waals surface area contributed by atoms with Gasteiger partial charge >= 0.3 is 0 Å². The molecule has 4 heteroatoms. The molecule has 0 aromatic rings. The first kappa shape index (κ1) is 17.0. The summed E-state index contributed by atoms with van der Waals surface area (Å²) in [7, 11) is 0. The molecule has 0 radical (unpaired) electrons. The van der Waals surface area contributed by atoms with Crippen LogP contribution in [-0.4, -0.2) is 39.9 Å². The van der Waals surface area contributed by atoms with Crippen molar-refractivity contribution in [2.24, 2.45) is 40.4 Å². The normalized spacial score (nSPS) is 57.2. The van der Waals surface area contributed by atoms with Gasteiger partial charge in [-0.15, -0.1) is 0 Å². The molecule has 0 aromatic carbocycles.